The topological polar surface area (TPSA) is 49.0 Å². The molecule has 2 heterocycles. The highest BCUT2D eigenvalue weighted by Gasteiger charge is 2.35. The van der Waals surface area contributed by atoms with E-state index < -0.39 is 0 Å². The molecule has 1 N–H and O–H groups in total. The molecule has 2 aromatic rings. The Bertz CT molecular complexity index is 609. The minimum Gasteiger partial charge on any atom is -0.349 e. The normalized spacial score (nSPS) is 22.0. The number of carbonyl (C=O) groups excluding carboxylic acids is 1. The Morgan fingerprint density at radius 1 is 1.32 bits per heavy atom. The predicted molar refractivity (Wildman–Crippen MR) is 86.5 cm³/mol. The van der Waals surface area contributed by atoms with Crippen molar-refractivity contribution in [2.75, 3.05) is 13.1 Å². The molecule has 1 aromatic carbocycles. The lowest BCUT2D eigenvalue weighted by atomic mass is 9.75. The number of carbonyl (C=O) groups is 1. The minimum absolute atomic E-state index is 0.0693. The van der Waals surface area contributed by atoms with Crippen LogP contribution in [0.3, 0.4) is 0 Å². The molecule has 0 bridgehead atoms. The molecule has 22 heavy (non-hydrogen) atoms. The molecule has 116 valence electrons. The zero-order chi connectivity index (χ0) is 15.4. The first-order valence-electron chi connectivity index (χ1n) is 7.99. The van der Waals surface area contributed by atoms with Gasteiger partial charge in [0.25, 0.3) is 0 Å². The fraction of sp³-hybridized carbons (Fsp3) is 0.444. The molecule has 1 saturated heterocycles. The molecule has 0 unspecified atom stereocenters. The summed E-state index contributed by atoms with van der Waals surface area (Å²) in [6.07, 6.45) is 7.03. The van der Waals surface area contributed by atoms with Gasteiger partial charge >= 0.3 is 0 Å². The Hall–Kier alpha value is -2.10. The van der Waals surface area contributed by atoms with Crippen LogP contribution in [0.5, 0.6) is 0 Å². The Morgan fingerprint density at radius 2 is 2.14 bits per heavy atom. The Balaban J connectivity index is 1.62. The number of aromatic nitrogens is 2. The van der Waals surface area contributed by atoms with E-state index in [0.717, 1.165) is 38.2 Å². The summed E-state index contributed by atoms with van der Waals surface area (Å²) >= 11 is 0. The maximum atomic E-state index is 12.2. The molecule has 0 spiro atoms. The third-order valence-corrected chi connectivity index (χ3v) is 4.65. The largest absolute Gasteiger partial charge is 0.349 e. The van der Waals surface area contributed by atoms with Crippen molar-refractivity contribution in [3.05, 3.63) is 54.1 Å². The quantitative estimate of drug-likeness (QED) is 0.922. The van der Waals surface area contributed by atoms with E-state index in [2.05, 4.69) is 41.2 Å². The molecule has 0 radical (unpaired) electrons. The molecule has 0 aliphatic carbocycles. The minimum atomic E-state index is 0.0693. The fourth-order valence-corrected chi connectivity index (χ4v) is 3.28. The number of aromatic amines is 1. The average molecular weight is 297 g/mol. The van der Waals surface area contributed by atoms with Gasteiger partial charge in [-0.3, -0.25) is 4.79 Å². The van der Waals surface area contributed by atoms with Crippen LogP contribution in [0.15, 0.2) is 42.7 Å². The SMILES string of the molecule is C[C@@]1(c2ccccc2)CCC(=O)N(CCCc2ncc[nH]2)C1. The second-order valence-corrected chi connectivity index (χ2v) is 6.38. The molecule has 1 fully saturated rings. The smallest absolute Gasteiger partial charge is 0.222 e. The molecule has 1 atom stereocenters. The lowest BCUT2D eigenvalue weighted by Gasteiger charge is -2.40. The first-order valence-corrected chi connectivity index (χ1v) is 7.99. The first kappa shape index (κ1) is 14.8. The summed E-state index contributed by atoms with van der Waals surface area (Å²) in [5, 5.41) is 0. The van der Waals surface area contributed by atoms with Crippen LogP contribution in [0.1, 0.15) is 37.6 Å². The van der Waals surface area contributed by atoms with Crippen molar-refractivity contribution >= 4 is 5.91 Å². The van der Waals surface area contributed by atoms with Crippen molar-refractivity contribution in [3.63, 3.8) is 0 Å². The van der Waals surface area contributed by atoms with Crippen LogP contribution in [0.4, 0.5) is 0 Å². The van der Waals surface area contributed by atoms with Crippen LogP contribution in [0.25, 0.3) is 0 Å². The molecule has 4 heteroatoms. The molecule has 1 aliphatic heterocycles. The number of H-pyrrole nitrogens is 1. The van der Waals surface area contributed by atoms with E-state index in [1.54, 1.807) is 6.20 Å². The summed E-state index contributed by atoms with van der Waals surface area (Å²) in [7, 11) is 0. The molecule has 1 amide bonds. The van der Waals surface area contributed by atoms with E-state index in [9.17, 15) is 4.79 Å². The van der Waals surface area contributed by atoms with Gasteiger partial charge in [-0.2, -0.15) is 0 Å². The van der Waals surface area contributed by atoms with Gasteiger partial charge < -0.3 is 9.88 Å². The van der Waals surface area contributed by atoms with Gasteiger partial charge in [-0.05, 0) is 18.4 Å². The fourth-order valence-electron chi connectivity index (χ4n) is 3.28. The molecule has 4 nitrogen and oxygen atoms in total. The number of aryl methyl sites for hydroxylation is 1. The van der Waals surface area contributed by atoms with Crippen LogP contribution in [-0.2, 0) is 16.6 Å². The maximum Gasteiger partial charge on any atom is 0.222 e. The summed E-state index contributed by atoms with van der Waals surface area (Å²) in [4.78, 5) is 21.6. The average Bonchev–Trinajstić information content (AvgIpc) is 3.05. The highest BCUT2D eigenvalue weighted by Crippen LogP contribution is 2.34. The van der Waals surface area contributed by atoms with Crippen molar-refractivity contribution in [1.82, 2.24) is 14.9 Å². The summed E-state index contributed by atoms with van der Waals surface area (Å²) in [6, 6.07) is 10.6. The van der Waals surface area contributed by atoms with E-state index in [1.165, 1.54) is 5.56 Å². The van der Waals surface area contributed by atoms with E-state index in [0.29, 0.717) is 6.42 Å². The highest BCUT2D eigenvalue weighted by atomic mass is 16.2. The number of nitrogens with one attached hydrogen (secondary N) is 1. The molecular formula is C18H23N3O. The van der Waals surface area contributed by atoms with E-state index in [-0.39, 0.29) is 11.3 Å². The third kappa shape index (κ3) is 3.21. The summed E-state index contributed by atoms with van der Waals surface area (Å²) < 4.78 is 0. The van der Waals surface area contributed by atoms with Gasteiger partial charge in [0.1, 0.15) is 5.82 Å². The zero-order valence-electron chi connectivity index (χ0n) is 13.1. The summed E-state index contributed by atoms with van der Waals surface area (Å²) in [6.45, 7) is 3.89. The molecular weight excluding hydrogens is 274 g/mol. The number of imidazole rings is 1. The van der Waals surface area contributed by atoms with Crippen LogP contribution < -0.4 is 0 Å². The van der Waals surface area contributed by atoms with Gasteiger partial charge in [0, 0.05) is 43.7 Å². The number of rotatable bonds is 5. The number of likely N-dealkylation sites (tertiary alicyclic amines) is 1. The monoisotopic (exact) mass is 297 g/mol. The van der Waals surface area contributed by atoms with Crippen molar-refractivity contribution in [2.24, 2.45) is 0 Å². The number of piperidine rings is 1. The number of benzene rings is 1. The van der Waals surface area contributed by atoms with Crippen molar-refractivity contribution in [2.45, 2.75) is 38.0 Å². The van der Waals surface area contributed by atoms with Gasteiger partial charge in [-0.15, -0.1) is 0 Å². The van der Waals surface area contributed by atoms with Crippen molar-refractivity contribution < 1.29 is 4.79 Å². The number of amides is 1. The van der Waals surface area contributed by atoms with Crippen LogP contribution in [0.2, 0.25) is 0 Å². The second kappa shape index (κ2) is 6.34. The van der Waals surface area contributed by atoms with Gasteiger partial charge in [-0.25, -0.2) is 4.98 Å². The molecule has 3 rings (SSSR count). The number of hydrogen-bond donors (Lipinski definition) is 1. The molecule has 1 aromatic heterocycles. The van der Waals surface area contributed by atoms with Gasteiger partial charge in [0.2, 0.25) is 5.91 Å². The van der Waals surface area contributed by atoms with Gasteiger partial charge in [0.15, 0.2) is 0 Å². The van der Waals surface area contributed by atoms with E-state index in [1.807, 2.05) is 17.2 Å². The zero-order valence-corrected chi connectivity index (χ0v) is 13.1. The summed E-state index contributed by atoms with van der Waals surface area (Å²) in [5.74, 6) is 1.28. The first-order chi connectivity index (χ1) is 10.7. The highest BCUT2D eigenvalue weighted by molar-refractivity contribution is 5.77. The molecule has 0 saturated carbocycles. The maximum absolute atomic E-state index is 12.2. The number of hydrogen-bond acceptors (Lipinski definition) is 2. The lowest BCUT2D eigenvalue weighted by molar-refractivity contribution is -0.135. The van der Waals surface area contributed by atoms with Gasteiger partial charge in [0.05, 0.1) is 0 Å². The van der Waals surface area contributed by atoms with Crippen molar-refractivity contribution in [1.29, 1.82) is 0 Å². The Labute approximate surface area is 131 Å². The van der Waals surface area contributed by atoms with E-state index in [4.69, 9.17) is 0 Å². The standard InChI is InChI=1S/C18H23N3O/c1-18(15-6-3-2-4-7-15)10-9-17(22)21(14-18)13-5-8-16-19-11-12-20-16/h2-4,6-7,11-12H,5,8-10,13-14H2,1H3,(H,19,20)/t18-/m1/s1. The number of nitrogens with zero attached hydrogens (tertiary/aromatic N) is 2. The van der Waals surface area contributed by atoms with Crippen LogP contribution in [0, 0.1) is 0 Å². The van der Waals surface area contributed by atoms with Crippen molar-refractivity contribution in [3.8, 4) is 0 Å². The third-order valence-electron chi connectivity index (χ3n) is 4.65. The van der Waals surface area contributed by atoms with Crippen LogP contribution >= 0.6 is 0 Å². The van der Waals surface area contributed by atoms with Crippen LogP contribution in [-0.4, -0.2) is 33.9 Å². The Morgan fingerprint density at radius 3 is 2.86 bits per heavy atom. The summed E-state index contributed by atoms with van der Waals surface area (Å²) in [5.41, 5.74) is 1.40. The molecule has 1 aliphatic rings. The Kier molecular flexibility index (Phi) is 4.27. The lowest BCUT2D eigenvalue weighted by Crippen LogP contribution is -2.47. The van der Waals surface area contributed by atoms with E-state index >= 15 is 0 Å². The van der Waals surface area contributed by atoms with Gasteiger partial charge in [-0.1, -0.05) is 37.3 Å². The second-order valence-electron chi connectivity index (χ2n) is 6.38. The predicted octanol–water partition coefficient (Wildman–Crippen LogP) is 2.92.